The molecule has 21 heavy (non-hydrogen) atoms. The van der Waals surface area contributed by atoms with Gasteiger partial charge in [0.1, 0.15) is 0 Å². The Morgan fingerprint density at radius 3 is 2.10 bits per heavy atom. The van der Waals surface area contributed by atoms with Crippen molar-refractivity contribution in [1.82, 2.24) is 10.6 Å². The van der Waals surface area contributed by atoms with Gasteiger partial charge in [-0.15, -0.1) is 0 Å². The van der Waals surface area contributed by atoms with E-state index in [9.17, 15) is 14.7 Å². The van der Waals surface area contributed by atoms with E-state index in [-0.39, 0.29) is 5.91 Å². The summed E-state index contributed by atoms with van der Waals surface area (Å²) in [7, 11) is 0. The molecular weight excluding hydrogens is 270 g/mol. The van der Waals surface area contributed by atoms with Crippen LogP contribution in [0.25, 0.3) is 0 Å². The Kier molecular flexibility index (Phi) is 4.96. The Labute approximate surface area is 124 Å². The van der Waals surface area contributed by atoms with E-state index >= 15 is 0 Å². The van der Waals surface area contributed by atoms with Crippen molar-refractivity contribution in [3.63, 3.8) is 0 Å². The van der Waals surface area contributed by atoms with Gasteiger partial charge in [-0.3, -0.25) is 4.79 Å². The van der Waals surface area contributed by atoms with Gasteiger partial charge in [-0.05, 0) is 45.4 Å². The van der Waals surface area contributed by atoms with Crippen LogP contribution in [0.4, 0.5) is 4.79 Å². The molecule has 116 valence electrons. The maximum absolute atomic E-state index is 12.2. The zero-order chi connectivity index (χ0) is 16.3. The Morgan fingerprint density at radius 2 is 1.67 bits per heavy atom. The van der Waals surface area contributed by atoms with E-state index in [1.165, 1.54) is 0 Å². The number of aliphatic hydroxyl groups is 1. The lowest BCUT2D eigenvalue weighted by atomic mass is 9.85. The van der Waals surface area contributed by atoms with Gasteiger partial charge >= 0.3 is 6.03 Å². The van der Waals surface area contributed by atoms with Gasteiger partial charge in [0.2, 0.25) is 0 Å². The normalized spacial score (nSPS) is 11.9. The number of benzene rings is 1. The molecule has 0 aliphatic heterocycles. The molecule has 0 aromatic heterocycles. The third-order valence-electron chi connectivity index (χ3n) is 3.64. The predicted molar refractivity (Wildman–Crippen MR) is 80.7 cm³/mol. The van der Waals surface area contributed by atoms with Crippen LogP contribution in [0.5, 0.6) is 0 Å². The number of nitrogens with one attached hydrogen (secondary N) is 2. The number of nitrogens with two attached hydrogens (primary N) is 1. The highest BCUT2D eigenvalue weighted by atomic mass is 16.3. The number of rotatable bonds is 5. The second-order valence-electron chi connectivity index (χ2n) is 6.05. The fourth-order valence-corrected chi connectivity index (χ4v) is 1.47. The number of amides is 3. The molecule has 0 bridgehead atoms. The first-order valence-electron chi connectivity index (χ1n) is 6.70. The summed E-state index contributed by atoms with van der Waals surface area (Å²) in [6.45, 7) is 7.12. The molecule has 0 aliphatic carbocycles. The molecule has 1 rings (SSSR count). The van der Waals surface area contributed by atoms with Gasteiger partial charge < -0.3 is 21.5 Å². The summed E-state index contributed by atoms with van der Waals surface area (Å²) in [5.74, 6) is -0.267. The predicted octanol–water partition coefficient (Wildman–Crippen LogP) is 1.13. The number of carbonyl (C=O) groups is 2. The smallest absolute Gasteiger partial charge is 0.312 e. The molecule has 5 N–H and O–H groups in total. The largest absolute Gasteiger partial charge is 0.388 e. The van der Waals surface area contributed by atoms with Crippen LogP contribution in [-0.2, 0) is 6.54 Å². The Morgan fingerprint density at radius 1 is 1.14 bits per heavy atom. The van der Waals surface area contributed by atoms with E-state index in [2.05, 4.69) is 10.6 Å². The molecule has 0 radical (unpaired) electrons. The Hall–Kier alpha value is -2.08. The molecule has 0 unspecified atom stereocenters. The fourth-order valence-electron chi connectivity index (χ4n) is 1.47. The first-order valence-corrected chi connectivity index (χ1v) is 6.70. The molecule has 0 spiro atoms. The quantitative estimate of drug-likeness (QED) is 0.654. The molecule has 1 aromatic carbocycles. The van der Waals surface area contributed by atoms with E-state index in [1.807, 2.05) is 0 Å². The molecule has 1 aromatic rings. The average molecular weight is 293 g/mol. The highest BCUT2D eigenvalue weighted by Gasteiger charge is 2.36. The van der Waals surface area contributed by atoms with Crippen molar-refractivity contribution in [3.8, 4) is 0 Å². The van der Waals surface area contributed by atoms with Gasteiger partial charge in [-0.2, -0.15) is 0 Å². The van der Waals surface area contributed by atoms with Gasteiger partial charge in [-0.1, -0.05) is 12.1 Å². The lowest BCUT2D eigenvalue weighted by molar-refractivity contribution is -0.00292. The highest BCUT2D eigenvalue weighted by Crippen LogP contribution is 2.21. The van der Waals surface area contributed by atoms with E-state index in [4.69, 9.17) is 5.73 Å². The zero-order valence-electron chi connectivity index (χ0n) is 12.9. The van der Waals surface area contributed by atoms with E-state index in [1.54, 1.807) is 52.0 Å². The van der Waals surface area contributed by atoms with Gasteiger partial charge in [0.05, 0.1) is 11.1 Å². The molecule has 0 aliphatic rings. The van der Waals surface area contributed by atoms with Gasteiger partial charge in [0, 0.05) is 12.1 Å². The SMILES string of the molecule is CC(C)(O)C(C)(C)NC(=O)c1ccc(CNC(N)=O)cc1. The van der Waals surface area contributed by atoms with Crippen molar-refractivity contribution in [2.45, 2.75) is 45.4 Å². The number of primary amides is 1. The molecule has 0 heterocycles. The van der Waals surface area contributed by atoms with Crippen LogP contribution in [0.1, 0.15) is 43.6 Å². The van der Waals surface area contributed by atoms with Crippen LogP contribution in [-0.4, -0.2) is 28.2 Å². The summed E-state index contributed by atoms with van der Waals surface area (Å²) in [6, 6.07) is 6.20. The summed E-state index contributed by atoms with van der Waals surface area (Å²) in [4.78, 5) is 22.8. The topological polar surface area (TPSA) is 104 Å². The Balaban J connectivity index is 2.74. The summed E-state index contributed by atoms with van der Waals surface area (Å²) in [5, 5.41) is 15.3. The van der Waals surface area contributed by atoms with Crippen molar-refractivity contribution in [2.75, 3.05) is 0 Å². The van der Waals surface area contributed by atoms with Crippen LogP contribution in [0.15, 0.2) is 24.3 Å². The molecule has 0 atom stereocenters. The second-order valence-corrected chi connectivity index (χ2v) is 6.05. The lowest BCUT2D eigenvalue weighted by Gasteiger charge is -2.38. The number of hydrogen-bond acceptors (Lipinski definition) is 3. The molecule has 3 amide bonds. The first-order chi connectivity index (χ1) is 9.53. The minimum atomic E-state index is -1.05. The van der Waals surface area contributed by atoms with Crippen LogP contribution in [0, 0.1) is 0 Å². The molecule has 6 heteroatoms. The van der Waals surface area contributed by atoms with Crippen LogP contribution >= 0.6 is 0 Å². The van der Waals surface area contributed by atoms with Crippen molar-refractivity contribution >= 4 is 11.9 Å². The number of carbonyl (C=O) groups excluding carboxylic acids is 2. The molecule has 0 saturated carbocycles. The van der Waals surface area contributed by atoms with Crippen molar-refractivity contribution < 1.29 is 14.7 Å². The number of urea groups is 1. The van der Waals surface area contributed by atoms with E-state index in [0.717, 1.165) is 5.56 Å². The molecule has 0 saturated heterocycles. The molecule has 0 fully saturated rings. The third-order valence-corrected chi connectivity index (χ3v) is 3.64. The van der Waals surface area contributed by atoms with E-state index in [0.29, 0.717) is 12.1 Å². The lowest BCUT2D eigenvalue weighted by Crippen LogP contribution is -2.57. The maximum atomic E-state index is 12.2. The minimum absolute atomic E-state index is 0.267. The monoisotopic (exact) mass is 293 g/mol. The zero-order valence-corrected chi connectivity index (χ0v) is 12.9. The van der Waals surface area contributed by atoms with Gasteiger partial charge in [0.15, 0.2) is 0 Å². The summed E-state index contributed by atoms with van der Waals surface area (Å²) in [5.41, 5.74) is 4.50. The van der Waals surface area contributed by atoms with Crippen LogP contribution in [0.3, 0.4) is 0 Å². The van der Waals surface area contributed by atoms with Crippen molar-refractivity contribution in [2.24, 2.45) is 5.73 Å². The standard InChI is InChI=1S/C15H23N3O3/c1-14(2,15(3,4)21)18-12(19)11-7-5-10(6-8-11)9-17-13(16)20/h5-8,21H,9H2,1-4H3,(H,18,19)(H3,16,17,20). The summed E-state index contributed by atoms with van der Waals surface area (Å²) < 4.78 is 0. The van der Waals surface area contributed by atoms with E-state index < -0.39 is 17.2 Å². The maximum Gasteiger partial charge on any atom is 0.312 e. The van der Waals surface area contributed by atoms with Crippen molar-refractivity contribution in [1.29, 1.82) is 0 Å². The fraction of sp³-hybridized carbons (Fsp3) is 0.467. The summed E-state index contributed by atoms with van der Waals surface area (Å²) in [6.07, 6.45) is 0. The van der Waals surface area contributed by atoms with Gasteiger partial charge in [0.25, 0.3) is 5.91 Å². The third kappa shape index (κ3) is 4.75. The average Bonchev–Trinajstić information content (AvgIpc) is 2.35. The second kappa shape index (κ2) is 6.13. The molecule has 6 nitrogen and oxygen atoms in total. The Bertz CT molecular complexity index is 516. The van der Waals surface area contributed by atoms with Crippen LogP contribution in [0.2, 0.25) is 0 Å². The van der Waals surface area contributed by atoms with Gasteiger partial charge in [-0.25, -0.2) is 4.79 Å². The number of hydrogen-bond donors (Lipinski definition) is 4. The highest BCUT2D eigenvalue weighted by molar-refractivity contribution is 5.94. The minimum Gasteiger partial charge on any atom is -0.388 e. The molecular formula is C15H23N3O3. The summed E-state index contributed by atoms with van der Waals surface area (Å²) >= 11 is 0. The first kappa shape index (κ1) is 17.0. The van der Waals surface area contributed by atoms with Crippen LogP contribution < -0.4 is 16.4 Å². The van der Waals surface area contributed by atoms with Crippen molar-refractivity contribution in [3.05, 3.63) is 35.4 Å².